The first-order chi connectivity index (χ1) is 20.6. The Bertz CT molecular complexity index is 1550. The summed E-state index contributed by atoms with van der Waals surface area (Å²) in [5.74, 6) is -0.974. The van der Waals surface area contributed by atoms with Crippen molar-refractivity contribution in [3.63, 3.8) is 0 Å². The number of rotatable bonds is 5. The van der Waals surface area contributed by atoms with Gasteiger partial charge in [-0.2, -0.15) is 0 Å². The van der Waals surface area contributed by atoms with E-state index >= 15 is 0 Å². The van der Waals surface area contributed by atoms with E-state index in [1.807, 2.05) is 23.1 Å². The normalized spacial score (nSPS) is 26.8. The lowest BCUT2D eigenvalue weighted by Crippen LogP contribution is -2.69. The average Bonchev–Trinajstić information content (AvgIpc) is 3.31. The smallest absolute Gasteiger partial charge is 0.255 e. The van der Waals surface area contributed by atoms with E-state index in [-0.39, 0.29) is 36.1 Å². The lowest BCUT2D eigenvalue weighted by atomic mass is 9.72. The van der Waals surface area contributed by atoms with Crippen LogP contribution in [0.1, 0.15) is 84.2 Å². The molecular weight excluding hydrogens is 564 g/mol. The Morgan fingerprint density at radius 1 is 1.02 bits per heavy atom. The highest BCUT2D eigenvalue weighted by Crippen LogP contribution is 2.45. The summed E-state index contributed by atoms with van der Waals surface area (Å²) in [7, 11) is 0. The standard InChI is InChI=1S/C34H37ClN4O4/c1-34(2)12-11-22(28(15-34)20-3-6-24(35)7-4-20)16-38-25-14-26(38)19-37(18-25)32(42)21-5-8-27-23(13-21)17-39(33(27)43)29-9-10-30(40)36-31(29)41/h3-8,13,25-26,29H,9-12,14-19H2,1-2H3,(H,36,40,41). The number of nitrogens with zero attached hydrogens (tertiary/aromatic N) is 3. The number of carbonyl (C=O) groups is 4. The molecule has 0 saturated carbocycles. The number of piperidine rings is 2. The third kappa shape index (κ3) is 5.18. The van der Waals surface area contributed by atoms with Gasteiger partial charge in [0.05, 0.1) is 0 Å². The molecule has 0 spiro atoms. The maximum atomic E-state index is 13.6. The topological polar surface area (TPSA) is 90.0 Å². The van der Waals surface area contributed by atoms with Crippen molar-refractivity contribution < 1.29 is 19.2 Å². The maximum Gasteiger partial charge on any atom is 0.255 e. The van der Waals surface area contributed by atoms with Crippen LogP contribution in [0.2, 0.25) is 5.02 Å². The SMILES string of the molecule is CC1(C)CCC(CN2C3CC2CN(C(=O)c2ccc4c(c2)CN(C2CCC(=O)NC2=O)C4=O)C3)=C(c2ccc(Cl)cc2)C1. The molecule has 0 aromatic heterocycles. The zero-order valence-corrected chi connectivity index (χ0v) is 25.5. The Balaban J connectivity index is 1.03. The number of hydrogen-bond acceptors (Lipinski definition) is 5. The fourth-order valence-corrected chi connectivity index (χ4v) is 7.81. The van der Waals surface area contributed by atoms with Crippen LogP contribution in [0.5, 0.6) is 0 Å². The molecule has 9 heteroatoms. The molecule has 43 heavy (non-hydrogen) atoms. The molecule has 4 amide bonds. The van der Waals surface area contributed by atoms with E-state index in [1.165, 1.54) is 28.0 Å². The van der Waals surface area contributed by atoms with Crippen LogP contribution in [0.15, 0.2) is 48.0 Å². The number of hydrogen-bond donors (Lipinski definition) is 1. The summed E-state index contributed by atoms with van der Waals surface area (Å²) in [6.45, 7) is 7.31. The van der Waals surface area contributed by atoms with E-state index in [0.29, 0.717) is 42.7 Å². The fourth-order valence-electron chi connectivity index (χ4n) is 7.69. The van der Waals surface area contributed by atoms with Gasteiger partial charge in [0, 0.05) is 60.8 Å². The Morgan fingerprint density at radius 2 is 1.77 bits per heavy atom. The van der Waals surface area contributed by atoms with Gasteiger partial charge < -0.3 is 9.80 Å². The molecule has 8 nitrogen and oxygen atoms in total. The second-order valence-corrected chi connectivity index (χ2v) is 14.1. The van der Waals surface area contributed by atoms with E-state index in [0.717, 1.165) is 36.4 Å². The number of halogens is 1. The minimum atomic E-state index is -0.664. The van der Waals surface area contributed by atoms with Crippen LogP contribution < -0.4 is 5.32 Å². The fraction of sp³-hybridized carbons (Fsp3) is 0.471. The number of carbonyl (C=O) groups excluding carboxylic acids is 4. The minimum Gasteiger partial charge on any atom is -0.336 e. The predicted molar refractivity (Wildman–Crippen MR) is 163 cm³/mol. The van der Waals surface area contributed by atoms with E-state index in [4.69, 9.17) is 11.6 Å². The van der Waals surface area contributed by atoms with Gasteiger partial charge >= 0.3 is 0 Å². The van der Waals surface area contributed by atoms with Crippen molar-refractivity contribution in [2.75, 3.05) is 19.6 Å². The Morgan fingerprint density at radius 3 is 2.49 bits per heavy atom. The van der Waals surface area contributed by atoms with Crippen molar-refractivity contribution in [2.45, 2.75) is 77.0 Å². The van der Waals surface area contributed by atoms with Gasteiger partial charge in [-0.25, -0.2) is 0 Å². The Kier molecular flexibility index (Phi) is 6.97. The van der Waals surface area contributed by atoms with Crippen molar-refractivity contribution in [1.82, 2.24) is 20.0 Å². The molecule has 2 aromatic carbocycles. The van der Waals surface area contributed by atoms with Crippen molar-refractivity contribution in [1.29, 1.82) is 0 Å². The summed E-state index contributed by atoms with van der Waals surface area (Å²) < 4.78 is 0. The van der Waals surface area contributed by atoms with Crippen LogP contribution in [0.25, 0.3) is 5.57 Å². The maximum absolute atomic E-state index is 13.6. The van der Waals surface area contributed by atoms with Crippen LogP contribution in [0.3, 0.4) is 0 Å². The first-order valence-electron chi connectivity index (χ1n) is 15.4. The van der Waals surface area contributed by atoms with E-state index < -0.39 is 11.9 Å². The number of fused-ring (bicyclic) bond motifs is 3. The van der Waals surface area contributed by atoms with E-state index in [9.17, 15) is 19.2 Å². The van der Waals surface area contributed by atoms with Crippen molar-refractivity contribution in [2.24, 2.45) is 5.41 Å². The molecule has 224 valence electrons. The molecule has 2 aromatic rings. The molecule has 6 aliphatic rings. The summed E-state index contributed by atoms with van der Waals surface area (Å²) >= 11 is 6.19. The Hall–Kier alpha value is -3.49. The second-order valence-electron chi connectivity index (χ2n) is 13.6. The summed E-state index contributed by atoms with van der Waals surface area (Å²) in [5.41, 5.74) is 6.35. The van der Waals surface area contributed by atoms with Crippen LogP contribution in [-0.2, 0) is 16.1 Å². The molecule has 8 rings (SSSR count). The largest absolute Gasteiger partial charge is 0.336 e. The quantitative estimate of drug-likeness (QED) is 0.504. The first kappa shape index (κ1) is 28.3. The lowest BCUT2D eigenvalue weighted by Gasteiger charge is -2.57. The summed E-state index contributed by atoms with van der Waals surface area (Å²) in [4.78, 5) is 56.7. The van der Waals surface area contributed by atoms with Crippen LogP contribution in [0, 0.1) is 5.41 Å². The van der Waals surface area contributed by atoms with Crippen molar-refractivity contribution in [3.05, 3.63) is 75.3 Å². The number of imide groups is 1. The molecule has 4 fully saturated rings. The van der Waals surface area contributed by atoms with E-state index in [1.54, 1.807) is 12.1 Å². The number of benzene rings is 2. The number of amides is 4. The molecule has 3 atom stereocenters. The predicted octanol–water partition coefficient (Wildman–Crippen LogP) is 4.66. The highest BCUT2D eigenvalue weighted by atomic mass is 35.5. The monoisotopic (exact) mass is 600 g/mol. The van der Waals surface area contributed by atoms with Crippen molar-refractivity contribution in [3.8, 4) is 0 Å². The van der Waals surface area contributed by atoms with Crippen molar-refractivity contribution >= 4 is 40.8 Å². The van der Waals surface area contributed by atoms with Gasteiger partial charge in [-0.05, 0) is 84.6 Å². The minimum absolute atomic E-state index is 0.00969. The molecule has 1 N–H and O–H groups in total. The van der Waals surface area contributed by atoms with Gasteiger partial charge in [0.25, 0.3) is 11.8 Å². The number of piperazine rings is 1. The highest BCUT2D eigenvalue weighted by molar-refractivity contribution is 6.30. The Labute approximate surface area is 257 Å². The van der Waals surface area contributed by atoms with Gasteiger partial charge in [-0.1, -0.05) is 43.2 Å². The van der Waals surface area contributed by atoms with Crippen LogP contribution >= 0.6 is 11.6 Å². The molecular formula is C34H37ClN4O4. The third-order valence-corrected chi connectivity index (χ3v) is 10.4. The molecule has 4 saturated heterocycles. The highest BCUT2D eigenvalue weighted by Gasteiger charge is 2.47. The number of nitrogens with one attached hydrogen (secondary N) is 1. The average molecular weight is 601 g/mol. The van der Waals surface area contributed by atoms with Gasteiger partial charge in [-0.3, -0.25) is 29.4 Å². The van der Waals surface area contributed by atoms with Gasteiger partial charge in [-0.15, -0.1) is 0 Å². The third-order valence-electron chi connectivity index (χ3n) is 10.2. The van der Waals surface area contributed by atoms with Crippen LogP contribution in [0.4, 0.5) is 0 Å². The molecule has 2 bridgehead atoms. The first-order valence-corrected chi connectivity index (χ1v) is 15.7. The molecule has 1 aliphatic carbocycles. The van der Waals surface area contributed by atoms with E-state index in [2.05, 4.69) is 36.2 Å². The second kappa shape index (κ2) is 10.6. The zero-order valence-electron chi connectivity index (χ0n) is 24.7. The summed E-state index contributed by atoms with van der Waals surface area (Å²) in [5, 5.41) is 3.09. The van der Waals surface area contributed by atoms with Crippen LogP contribution in [-0.4, -0.2) is 76.1 Å². The molecule has 5 aliphatic heterocycles. The molecule has 5 heterocycles. The number of allylic oxidation sites excluding steroid dienone is 1. The molecule has 3 unspecified atom stereocenters. The summed E-state index contributed by atoms with van der Waals surface area (Å²) in [6.07, 6.45) is 4.96. The van der Waals surface area contributed by atoms with Gasteiger partial charge in [0.1, 0.15) is 6.04 Å². The summed E-state index contributed by atoms with van der Waals surface area (Å²) in [6, 6.07) is 13.5. The zero-order chi connectivity index (χ0) is 30.0. The lowest BCUT2D eigenvalue weighted by molar-refractivity contribution is -0.136. The molecule has 0 radical (unpaired) electrons. The van der Waals surface area contributed by atoms with Gasteiger partial charge in [0.2, 0.25) is 11.8 Å². The van der Waals surface area contributed by atoms with Gasteiger partial charge in [0.15, 0.2) is 0 Å².